The third kappa shape index (κ3) is 2.78. The second kappa shape index (κ2) is 6.01. The number of rotatable bonds is 6. The summed E-state index contributed by atoms with van der Waals surface area (Å²) in [5.41, 5.74) is 2.13. The van der Waals surface area contributed by atoms with Crippen LogP contribution in [0, 0.1) is 0 Å². The first kappa shape index (κ1) is 13.7. The van der Waals surface area contributed by atoms with Crippen molar-refractivity contribution in [1.29, 1.82) is 0 Å². The van der Waals surface area contributed by atoms with Crippen LogP contribution in [0.1, 0.15) is 18.4 Å². The highest BCUT2D eigenvalue weighted by molar-refractivity contribution is 5.55. The predicted molar refractivity (Wildman–Crippen MR) is 83.4 cm³/mol. The maximum atomic E-state index is 5.43. The van der Waals surface area contributed by atoms with Gasteiger partial charge in [0.1, 0.15) is 11.4 Å². The molecular weight excluding hydrogens is 264 g/mol. The number of fused-ring (bicyclic) bond motifs is 1. The van der Waals surface area contributed by atoms with Crippen LogP contribution in [0.15, 0.2) is 47.2 Å². The molecule has 3 aromatic rings. The topological polar surface area (TPSA) is 45.7 Å². The van der Waals surface area contributed by atoms with Crippen LogP contribution in [0.5, 0.6) is 0 Å². The molecule has 110 valence electrons. The SMILES string of the molecule is CCNCc1c(N(C)Cc2ccco2)nc2ccccn12. The average molecular weight is 284 g/mol. The monoisotopic (exact) mass is 284 g/mol. The van der Waals surface area contributed by atoms with E-state index in [-0.39, 0.29) is 0 Å². The summed E-state index contributed by atoms with van der Waals surface area (Å²) in [5.74, 6) is 1.92. The van der Waals surface area contributed by atoms with Crippen molar-refractivity contribution < 1.29 is 4.42 Å². The van der Waals surface area contributed by atoms with Crippen molar-refractivity contribution in [3.63, 3.8) is 0 Å². The molecular formula is C16H20N4O. The summed E-state index contributed by atoms with van der Waals surface area (Å²) in [6.07, 6.45) is 3.76. The van der Waals surface area contributed by atoms with Crippen molar-refractivity contribution in [2.45, 2.75) is 20.0 Å². The molecule has 0 saturated carbocycles. The molecule has 5 heteroatoms. The summed E-state index contributed by atoms with van der Waals surface area (Å²) in [5, 5.41) is 3.39. The van der Waals surface area contributed by atoms with Gasteiger partial charge in [0.15, 0.2) is 5.82 Å². The number of anilines is 1. The van der Waals surface area contributed by atoms with E-state index < -0.39 is 0 Å². The maximum absolute atomic E-state index is 5.43. The van der Waals surface area contributed by atoms with Crippen molar-refractivity contribution in [3.05, 3.63) is 54.2 Å². The van der Waals surface area contributed by atoms with Gasteiger partial charge in [0.2, 0.25) is 0 Å². The highest BCUT2D eigenvalue weighted by Crippen LogP contribution is 2.22. The fraction of sp³-hybridized carbons (Fsp3) is 0.312. The molecule has 5 nitrogen and oxygen atoms in total. The zero-order chi connectivity index (χ0) is 14.7. The molecule has 0 spiro atoms. The van der Waals surface area contributed by atoms with E-state index in [1.165, 1.54) is 5.69 Å². The zero-order valence-electron chi connectivity index (χ0n) is 12.4. The molecule has 0 unspecified atom stereocenters. The van der Waals surface area contributed by atoms with Crippen molar-refractivity contribution in [2.24, 2.45) is 0 Å². The lowest BCUT2D eigenvalue weighted by Gasteiger charge is -2.17. The summed E-state index contributed by atoms with van der Waals surface area (Å²) in [6.45, 7) is 4.53. The van der Waals surface area contributed by atoms with Crippen LogP contribution in [-0.4, -0.2) is 23.0 Å². The van der Waals surface area contributed by atoms with E-state index in [1.54, 1.807) is 6.26 Å². The Bertz CT molecular complexity index is 702. The maximum Gasteiger partial charge on any atom is 0.152 e. The van der Waals surface area contributed by atoms with Gasteiger partial charge in [0.05, 0.1) is 18.5 Å². The largest absolute Gasteiger partial charge is 0.467 e. The summed E-state index contributed by atoms with van der Waals surface area (Å²) in [7, 11) is 2.04. The first-order valence-corrected chi connectivity index (χ1v) is 7.19. The molecule has 0 saturated heterocycles. The number of hydrogen-bond donors (Lipinski definition) is 1. The van der Waals surface area contributed by atoms with Gasteiger partial charge < -0.3 is 19.0 Å². The zero-order valence-corrected chi connectivity index (χ0v) is 12.4. The Balaban J connectivity index is 1.95. The number of furan rings is 1. The van der Waals surface area contributed by atoms with E-state index in [9.17, 15) is 0 Å². The molecule has 0 amide bonds. The Kier molecular flexibility index (Phi) is 3.92. The predicted octanol–water partition coefficient (Wildman–Crippen LogP) is 2.67. The second-order valence-electron chi connectivity index (χ2n) is 5.03. The normalized spacial score (nSPS) is 11.1. The number of nitrogens with one attached hydrogen (secondary N) is 1. The van der Waals surface area contributed by atoms with E-state index in [0.717, 1.165) is 30.3 Å². The summed E-state index contributed by atoms with van der Waals surface area (Å²) < 4.78 is 7.56. The summed E-state index contributed by atoms with van der Waals surface area (Å²) >= 11 is 0. The van der Waals surface area contributed by atoms with Crippen molar-refractivity contribution in [1.82, 2.24) is 14.7 Å². The first-order valence-electron chi connectivity index (χ1n) is 7.19. The van der Waals surface area contributed by atoms with E-state index in [4.69, 9.17) is 9.40 Å². The number of hydrogen-bond acceptors (Lipinski definition) is 4. The summed E-state index contributed by atoms with van der Waals surface area (Å²) in [4.78, 5) is 6.88. The van der Waals surface area contributed by atoms with Gasteiger partial charge in [0.25, 0.3) is 0 Å². The number of nitrogens with zero attached hydrogens (tertiary/aromatic N) is 3. The molecule has 1 N–H and O–H groups in total. The van der Waals surface area contributed by atoms with Crippen LogP contribution in [0.4, 0.5) is 5.82 Å². The van der Waals surface area contributed by atoms with Crippen LogP contribution in [0.3, 0.4) is 0 Å². The van der Waals surface area contributed by atoms with E-state index in [1.807, 2.05) is 37.4 Å². The minimum atomic E-state index is 0.704. The molecule has 0 aliphatic heterocycles. The lowest BCUT2D eigenvalue weighted by atomic mass is 10.3. The molecule has 0 radical (unpaired) electrons. The van der Waals surface area contributed by atoms with Gasteiger partial charge in [-0.2, -0.15) is 0 Å². The fourth-order valence-electron chi connectivity index (χ4n) is 2.46. The Morgan fingerprint density at radius 1 is 1.29 bits per heavy atom. The molecule has 0 aromatic carbocycles. The summed E-state index contributed by atoms with van der Waals surface area (Å²) in [6, 6.07) is 9.96. The smallest absolute Gasteiger partial charge is 0.152 e. The third-order valence-corrected chi connectivity index (χ3v) is 3.48. The quantitative estimate of drug-likeness (QED) is 0.756. The Labute approximate surface area is 124 Å². The number of imidazole rings is 1. The van der Waals surface area contributed by atoms with E-state index in [2.05, 4.69) is 27.7 Å². The Hall–Kier alpha value is -2.27. The second-order valence-corrected chi connectivity index (χ2v) is 5.03. The lowest BCUT2D eigenvalue weighted by molar-refractivity contribution is 0.506. The fourth-order valence-corrected chi connectivity index (χ4v) is 2.46. The van der Waals surface area contributed by atoms with Gasteiger partial charge in [-0.15, -0.1) is 0 Å². The molecule has 0 aliphatic rings. The van der Waals surface area contributed by atoms with E-state index >= 15 is 0 Å². The molecule has 21 heavy (non-hydrogen) atoms. The van der Waals surface area contributed by atoms with Crippen LogP contribution < -0.4 is 10.2 Å². The minimum absolute atomic E-state index is 0.704. The van der Waals surface area contributed by atoms with Crippen LogP contribution >= 0.6 is 0 Å². The van der Waals surface area contributed by atoms with Crippen LogP contribution in [0.25, 0.3) is 5.65 Å². The van der Waals surface area contributed by atoms with Gasteiger partial charge in [-0.1, -0.05) is 13.0 Å². The Morgan fingerprint density at radius 3 is 2.95 bits per heavy atom. The molecule has 0 fully saturated rings. The van der Waals surface area contributed by atoms with Crippen molar-refractivity contribution >= 4 is 11.5 Å². The van der Waals surface area contributed by atoms with Crippen LogP contribution in [-0.2, 0) is 13.1 Å². The minimum Gasteiger partial charge on any atom is -0.467 e. The van der Waals surface area contributed by atoms with Crippen LogP contribution in [0.2, 0.25) is 0 Å². The first-order chi connectivity index (χ1) is 10.3. The van der Waals surface area contributed by atoms with Gasteiger partial charge in [-0.05, 0) is 30.8 Å². The molecule has 3 aromatic heterocycles. The molecule has 3 heterocycles. The van der Waals surface area contributed by atoms with Crippen molar-refractivity contribution in [2.75, 3.05) is 18.5 Å². The number of aromatic nitrogens is 2. The highest BCUT2D eigenvalue weighted by atomic mass is 16.3. The van der Waals surface area contributed by atoms with E-state index in [0.29, 0.717) is 6.54 Å². The van der Waals surface area contributed by atoms with Gasteiger partial charge >= 0.3 is 0 Å². The lowest BCUT2D eigenvalue weighted by Crippen LogP contribution is -2.21. The molecule has 0 aliphatic carbocycles. The molecule has 0 atom stereocenters. The van der Waals surface area contributed by atoms with Gasteiger partial charge in [-0.25, -0.2) is 4.98 Å². The van der Waals surface area contributed by atoms with Crippen molar-refractivity contribution in [3.8, 4) is 0 Å². The average Bonchev–Trinajstić information content (AvgIpc) is 3.12. The van der Waals surface area contributed by atoms with Gasteiger partial charge in [-0.3, -0.25) is 0 Å². The third-order valence-electron chi connectivity index (χ3n) is 3.48. The molecule has 3 rings (SSSR count). The standard InChI is InChI=1S/C16H20N4O/c1-3-17-11-14-16(18-15-8-4-5-9-20(14)15)19(2)12-13-7-6-10-21-13/h4-10,17H,3,11-12H2,1-2H3. The molecule has 0 bridgehead atoms. The Morgan fingerprint density at radius 2 is 2.19 bits per heavy atom. The van der Waals surface area contributed by atoms with Gasteiger partial charge in [0, 0.05) is 19.8 Å². The number of pyridine rings is 1. The highest BCUT2D eigenvalue weighted by Gasteiger charge is 2.16.